The molecule has 0 saturated heterocycles. The number of aromatic nitrogens is 2. The second-order valence-corrected chi connectivity index (χ2v) is 6.07. The van der Waals surface area contributed by atoms with Crippen LogP contribution in [0.25, 0.3) is 11.0 Å². The molecule has 1 heterocycles. The summed E-state index contributed by atoms with van der Waals surface area (Å²) in [6, 6.07) is 15.2. The van der Waals surface area contributed by atoms with Crippen LogP contribution >= 0.6 is 11.6 Å². The van der Waals surface area contributed by atoms with Crippen LogP contribution in [0.2, 0.25) is 5.02 Å². The molecule has 1 fully saturated rings. The van der Waals surface area contributed by atoms with Crippen LogP contribution in [0.3, 0.4) is 0 Å². The third-order valence-electron chi connectivity index (χ3n) is 4.26. The molecule has 0 unspecified atom stereocenters. The number of nitrogens with zero attached hydrogens (tertiary/aromatic N) is 2. The van der Waals surface area contributed by atoms with E-state index in [1.54, 1.807) is 11.0 Å². The van der Waals surface area contributed by atoms with Gasteiger partial charge in [0.1, 0.15) is 6.33 Å². The highest BCUT2D eigenvalue weighted by atomic mass is 35.5. The fourth-order valence-corrected chi connectivity index (χ4v) is 2.93. The number of imidazole rings is 1. The Balaban J connectivity index is 1.63. The number of carbonyl (C=O) groups excluding carboxylic acids is 1. The first-order chi connectivity index (χ1) is 10.7. The van der Waals surface area contributed by atoms with E-state index < -0.39 is 5.41 Å². The Morgan fingerprint density at radius 1 is 1.14 bits per heavy atom. The minimum absolute atomic E-state index is 0.00187. The molecule has 22 heavy (non-hydrogen) atoms. The van der Waals surface area contributed by atoms with Gasteiger partial charge in [-0.25, -0.2) is 9.66 Å². The van der Waals surface area contributed by atoms with Gasteiger partial charge in [0, 0.05) is 5.02 Å². The molecule has 3 aromatic rings. The van der Waals surface area contributed by atoms with E-state index in [9.17, 15) is 4.79 Å². The summed E-state index contributed by atoms with van der Waals surface area (Å²) in [5.74, 6) is -0.00187. The van der Waals surface area contributed by atoms with E-state index in [0.29, 0.717) is 5.02 Å². The second kappa shape index (κ2) is 4.85. The van der Waals surface area contributed by atoms with E-state index in [2.05, 4.69) is 10.4 Å². The van der Waals surface area contributed by atoms with Gasteiger partial charge in [-0.3, -0.25) is 10.2 Å². The molecule has 1 N–H and O–H groups in total. The Kier molecular flexibility index (Phi) is 2.94. The maximum atomic E-state index is 12.7. The van der Waals surface area contributed by atoms with Crippen LogP contribution in [0.4, 0.5) is 0 Å². The minimum atomic E-state index is -0.435. The van der Waals surface area contributed by atoms with E-state index in [-0.39, 0.29) is 5.91 Å². The smallest absolute Gasteiger partial charge is 0.249 e. The van der Waals surface area contributed by atoms with Gasteiger partial charge in [0.15, 0.2) is 0 Å². The van der Waals surface area contributed by atoms with Gasteiger partial charge in [-0.2, -0.15) is 0 Å². The number of amides is 1. The number of nitrogens with one attached hydrogen (secondary N) is 1. The summed E-state index contributed by atoms with van der Waals surface area (Å²) in [6.45, 7) is 0. The van der Waals surface area contributed by atoms with Gasteiger partial charge in [-0.05, 0) is 42.7 Å². The lowest BCUT2D eigenvalue weighted by molar-refractivity contribution is -0.119. The third-order valence-corrected chi connectivity index (χ3v) is 4.51. The van der Waals surface area contributed by atoms with Crippen LogP contribution in [0, 0.1) is 0 Å². The van der Waals surface area contributed by atoms with Crippen LogP contribution in [0.1, 0.15) is 18.4 Å². The summed E-state index contributed by atoms with van der Waals surface area (Å²) in [5, 5.41) is 0.681. The molecular formula is C17H14ClN3O. The molecule has 1 saturated carbocycles. The normalized spacial score (nSPS) is 15.7. The van der Waals surface area contributed by atoms with Crippen molar-refractivity contribution in [1.82, 2.24) is 9.66 Å². The zero-order chi connectivity index (χ0) is 15.2. The Morgan fingerprint density at radius 2 is 1.86 bits per heavy atom. The molecule has 0 atom stereocenters. The van der Waals surface area contributed by atoms with Crippen LogP contribution in [-0.2, 0) is 10.2 Å². The number of carbonyl (C=O) groups is 1. The highest BCUT2D eigenvalue weighted by Crippen LogP contribution is 2.48. The summed E-state index contributed by atoms with van der Waals surface area (Å²) < 4.78 is 1.69. The standard InChI is InChI=1S/C17H14ClN3O/c18-13-7-5-12(6-8-13)17(9-10-17)16(22)20-21-11-19-14-3-1-2-4-15(14)21/h1-8,11H,9-10H2,(H,20,22). The SMILES string of the molecule is O=C(Nn1cnc2ccccc21)C1(c2ccc(Cl)cc2)CC1. The van der Waals surface area contributed by atoms with Gasteiger partial charge in [-0.15, -0.1) is 0 Å². The molecule has 2 aromatic carbocycles. The molecule has 0 radical (unpaired) electrons. The van der Waals surface area contributed by atoms with E-state index in [1.165, 1.54) is 0 Å². The lowest BCUT2D eigenvalue weighted by Crippen LogP contribution is -2.33. The Labute approximate surface area is 132 Å². The molecule has 0 aliphatic heterocycles. The van der Waals surface area contributed by atoms with Gasteiger partial charge in [0.2, 0.25) is 5.91 Å². The average Bonchev–Trinajstić information content (AvgIpc) is 3.26. The number of hydrogen-bond acceptors (Lipinski definition) is 2. The molecule has 110 valence electrons. The molecule has 5 heteroatoms. The van der Waals surface area contributed by atoms with Crippen molar-refractivity contribution in [2.45, 2.75) is 18.3 Å². The topological polar surface area (TPSA) is 46.9 Å². The zero-order valence-corrected chi connectivity index (χ0v) is 12.5. The first-order valence-corrected chi connectivity index (χ1v) is 7.56. The lowest BCUT2D eigenvalue weighted by Gasteiger charge is -2.16. The summed E-state index contributed by atoms with van der Waals surface area (Å²) in [7, 11) is 0. The molecule has 4 nitrogen and oxygen atoms in total. The van der Waals surface area contributed by atoms with Crippen LogP contribution in [0.15, 0.2) is 54.9 Å². The average molecular weight is 312 g/mol. The van der Waals surface area contributed by atoms with Crippen molar-refractivity contribution in [3.8, 4) is 0 Å². The minimum Gasteiger partial charge on any atom is -0.272 e. The van der Waals surface area contributed by atoms with Crippen LogP contribution < -0.4 is 5.43 Å². The number of rotatable bonds is 3. The van der Waals surface area contributed by atoms with Crippen LogP contribution in [-0.4, -0.2) is 15.6 Å². The predicted molar refractivity (Wildman–Crippen MR) is 86.5 cm³/mol. The fourth-order valence-electron chi connectivity index (χ4n) is 2.81. The van der Waals surface area contributed by atoms with Gasteiger partial charge in [-0.1, -0.05) is 35.9 Å². The quantitative estimate of drug-likeness (QED) is 0.805. The molecule has 4 rings (SSSR count). The molecule has 1 aliphatic carbocycles. The van der Waals surface area contributed by atoms with E-state index >= 15 is 0 Å². The van der Waals surface area contributed by atoms with Crippen molar-refractivity contribution < 1.29 is 4.79 Å². The van der Waals surface area contributed by atoms with E-state index in [4.69, 9.17) is 11.6 Å². The number of hydrogen-bond donors (Lipinski definition) is 1. The predicted octanol–water partition coefficient (Wildman–Crippen LogP) is 3.49. The van der Waals surface area contributed by atoms with Crippen molar-refractivity contribution in [3.05, 3.63) is 65.4 Å². The van der Waals surface area contributed by atoms with Gasteiger partial charge < -0.3 is 0 Å². The Bertz CT molecular complexity index is 850. The number of halogens is 1. The monoisotopic (exact) mass is 311 g/mol. The highest BCUT2D eigenvalue weighted by Gasteiger charge is 2.51. The van der Waals surface area contributed by atoms with E-state index in [0.717, 1.165) is 29.4 Å². The summed E-state index contributed by atoms with van der Waals surface area (Å²) >= 11 is 5.93. The van der Waals surface area contributed by atoms with Crippen molar-refractivity contribution in [3.63, 3.8) is 0 Å². The number of fused-ring (bicyclic) bond motifs is 1. The lowest BCUT2D eigenvalue weighted by atomic mass is 9.95. The molecular weight excluding hydrogens is 298 g/mol. The fraction of sp³-hybridized carbons (Fsp3) is 0.176. The third kappa shape index (κ3) is 2.07. The van der Waals surface area contributed by atoms with Crippen LogP contribution in [0.5, 0.6) is 0 Å². The molecule has 1 aliphatic rings. The highest BCUT2D eigenvalue weighted by molar-refractivity contribution is 6.30. The summed E-state index contributed by atoms with van der Waals surface area (Å²) in [6.07, 6.45) is 3.35. The van der Waals surface area contributed by atoms with Gasteiger partial charge >= 0.3 is 0 Å². The van der Waals surface area contributed by atoms with Crippen molar-refractivity contribution in [2.24, 2.45) is 0 Å². The largest absolute Gasteiger partial charge is 0.272 e. The first kappa shape index (κ1) is 13.3. The van der Waals surface area contributed by atoms with Crippen molar-refractivity contribution in [2.75, 3.05) is 5.43 Å². The molecule has 1 amide bonds. The summed E-state index contributed by atoms with van der Waals surface area (Å²) in [5.41, 5.74) is 5.29. The maximum absolute atomic E-state index is 12.7. The number of para-hydroxylation sites is 2. The summed E-state index contributed by atoms with van der Waals surface area (Å²) in [4.78, 5) is 17.0. The van der Waals surface area contributed by atoms with Gasteiger partial charge in [0.05, 0.1) is 16.4 Å². The van der Waals surface area contributed by atoms with Crippen molar-refractivity contribution in [1.29, 1.82) is 0 Å². The molecule has 1 aromatic heterocycles. The number of benzene rings is 2. The van der Waals surface area contributed by atoms with Crippen molar-refractivity contribution >= 4 is 28.5 Å². The van der Waals surface area contributed by atoms with E-state index in [1.807, 2.05) is 48.5 Å². The second-order valence-electron chi connectivity index (χ2n) is 5.63. The van der Waals surface area contributed by atoms with Gasteiger partial charge in [0.25, 0.3) is 0 Å². The first-order valence-electron chi connectivity index (χ1n) is 7.19. The zero-order valence-electron chi connectivity index (χ0n) is 11.8. The molecule has 0 bridgehead atoms. The Hall–Kier alpha value is -2.33. The molecule has 0 spiro atoms. The Morgan fingerprint density at radius 3 is 2.59 bits per heavy atom. The maximum Gasteiger partial charge on any atom is 0.249 e.